The predicted molar refractivity (Wildman–Crippen MR) is 81.9 cm³/mol. The zero-order chi connectivity index (χ0) is 15.2. The number of methoxy groups -OCH3 is 1. The molecule has 7 heteroatoms. The van der Waals surface area contributed by atoms with Gasteiger partial charge in [-0.15, -0.1) is 11.3 Å². The van der Waals surface area contributed by atoms with Crippen molar-refractivity contribution in [2.24, 2.45) is 0 Å². The van der Waals surface area contributed by atoms with Crippen LogP contribution in [0.3, 0.4) is 0 Å². The van der Waals surface area contributed by atoms with Gasteiger partial charge in [0.2, 0.25) is 0 Å². The molecule has 0 saturated heterocycles. The van der Waals surface area contributed by atoms with Crippen LogP contribution in [0.4, 0.5) is 10.8 Å². The molecule has 0 atom stereocenters. The minimum Gasteiger partial charge on any atom is -0.469 e. The van der Waals surface area contributed by atoms with Gasteiger partial charge < -0.3 is 10.1 Å². The first kappa shape index (κ1) is 15.3. The Hall–Kier alpha value is -2.10. The molecule has 21 heavy (non-hydrogen) atoms. The lowest BCUT2D eigenvalue weighted by molar-refractivity contribution is -0.140. The van der Waals surface area contributed by atoms with Crippen LogP contribution < -0.4 is 5.32 Å². The number of rotatable bonds is 5. The number of carbonyl (C=O) groups is 1. The van der Waals surface area contributed by atoms with Gasteiger partial charge in [-0.1, -0.05) is 11.6 Å². The topological polar surface area (TPSA) is 75.0 Å². The molecule has 0 bridgehead atoms. The second-order valence-electron chi connectivity index (χ2n) is 4.15. The molecule has 108 valence electrons. The van der Waals surface area contributed by atoms with E-state index in [1.165, 1.54) is 18.4 Å². The maximum atomic E-state index is 11.1. The van der Waals surface area contributed by atoms with Crippen LogP contribution in [-0.4, -0.2) is 18.1 Å². The Bertz CT molecular complexity index is 694. The molecule has 0 radical (unpaired) electrons. The van der Waals surface area contributed by atoms with E-state index in [4.69, 9.17) is 16.9 Å². The number of anilines is 2. The van der Waals surface area contributed by atoms with Crippen LogP contribution in [-0.2, 0) is 16.0 Å². The van der Waals surface area contributed by atoms with E-state index in [2.05, 4.69) is 15.0 Å². The molecule has 2 rings (SSSR count). The summed E-state index contributed by atoms with van der Waals surface area (Å²) in [4.78, 5) is 15.5. The number of esters is 1. The number of aryl methyl sites for hydroxylation is 1. The third-order valence-corrected chi connectivity index (χ3v) is 3.82. The lowest BCUT2D eigenvalue weighted by atomic mass is 10.2. The van der Waals surface area contributed by atoms with E-state index in [1.54, 1.807) is 18.2 Å². The maximum absolute atomic E-state index is 11.1. The first-order chi connectivity index (χ1) is 10.1. The number of nitriles is 1. The molecule has 1 aromatic heterocycles. The minimum absolute atomic E-state index is 0.257. The summed E-state index contributed by atoms with van der Waals surface area (Å²) in [6, 6.07) is 7.03. The van der Waals surface area contributed by atoms with Crippen LogP contribution in [0.1, 0.15) is 17.7 Å². The average molecular weight is 322 g/mol. The smallest absolute Gasteiger partial charge is 0.305 e. The fraction of sp³-hybridized carbons (Fsp3) is 0.214. The lowest BCUT2D eigenvalue weighted by Gasteiger charge is -2.05. The molecular formula is C14H12ClN3O2S. The molecule has 0 unspecified atom stereocenters. The number of thiazole rings is 1. The first-order valence-corrected chi connectivity index (χ1v) is 7.36. The summed E-state index contributed by atoms with van der Waals surface area (Å²) in [5, 5.41) is 14.9. The van der Waals surface area contributed by atoms with E-state index in [9.17, 15) is 4.79 Å². The number of carbonyl (C=O) groups excluding carboxylic acids is 1. The largest absolute Gasteiger partial charge is 0.469 e. The number of ether oxygens (including phenoxy) is 1. The molecule has 0 aliphatic carbocycles. The quantitative estimate of drug-likeness (QED) is 0.853. The second kappa shape index (κ2) is 7.07. The minimum atomic E-state index is -0.257. The van der Waals surface area contributed by atoms with Crippen molar-refractivity contribution >= 4 is 39.7 Å². The van der Waals surface area contributed by atoms with E-state index < -0.39 is 0 Å². The van der Waals surface area contributed by atoms with Crippen molar-refractivity contribution in [2.75, 3.05) is 12.4 Å². The normalized spacial score (nSPS) is 9.95. The van der Waals surface area contributed by atoms with Crippen molar-refractivity contribution < 1.29 is 9.53 Å². The van der Waals surface area contributed by atoms with Crippen molar-refractivity contribution in [1.29, 1.82) is 5.26 Å². The Morgan fingerprint density at radius 1 is 1.57 bits per heavy atom. The zero-order valence-electron chi connectivity index (χ0n) is 11.2. The second-order valence-corrected chi connectivity index (χ2v) is 5.42. The molecule has 0 aliphatic heterocycles. The molecule has 0 spiro atoms. The number of benzene rings is 1. The third kappa shape index (κ3) is 4.18. The van der Waals surface area contributed by atoms with Crippen LogP contribution in [0.15, 0.2) is 23.6 Å². The Kier molecular flexibility index (Phi) is 5.14. The number of halogens is 1. The standard InChI is InChI=1S/C14H12ClN3O2S/c1-20-13(19)5-3-10-8-21-14(17-10)18-12-4-2-9(7-16)6-11(12)15/h2,4,6,8H,3,5H2,1H3,(H,17,18). The molecule has 1 N–H and O–H groups in total. The van der Waals surface area contributed by atoms with E-state index in [0.717, 1.165) is 5.69 Å². The van der Waals surface area contributed by atoms with Gasteiger partial charge in [0, 0.05) is 11.8 Å². The Morgan fingerprint density at radius 3 is 3.05 bits per heavy atom. The van der Waals surface area contributed by atoms with Gasteiger partial charge in [-0.3, -0.25) is 4.79 Å². The number of hydrogen-bond donors (Lipinski definition) is 1. The van der Waals surface area contributed by atoms with Gasteiger partial charge in [0.25, 0.3) is 0 Å². The Morgan fingerprint density at radius 2 is 2.38 bits per heavy atom. The van der Waals surface area contributed by atoms with Gasteiger partial charge in [-0.2, -0.15) is 5.26 Å². The van der Waals surface area contributed by atoms with E-state index in [1.807, 2.05) is 11.4 Å². The third-order valence-electron chi connectivity index (χ3n) is 2.70. The monoisotopic (exact) mass is 321 g/mol. The van der Waals surface area contributed by atoms with Crippen molar-refractivity contribution in [3.63, 3.8) is 0 Å². The number of nitrogens with one attached hydrogen (secondary N) is 1. The van der Waals surface area contributed by atoms with Crippen molar-refractivity contribution in [2.45, 2.75) is 12.8 Å². The molecule has 0 amide bonds. The first-order valence-electron chi connectivity index (χ1n) is 6.10. The van der Waals surface area contributed by atoms with Crippen LogP contribution in [0, 0.1) is 11.3 Å². The summed E-state index contributed by atoms with van der Waals surface area (Å²) in [6.45, 7) is 0. The summed E-state index contributed by atoms with van der Waals surface area (Å²) in [6.07, 6.45) is 0.837. The van der Waals surface area contributed by atoms with Gasteiger partial charge in [0.1, 0.15) is 0 Å². The fourth-order valence-corrected chi connectivity index (χ4v) is 2.60. The highest BCUT2D eigenvalue weighted by Gasteiger charge is 2.08. The molecule has 0 fully saturated rings. The number of aromatic nitrogens is 1. The van der Waals surface area contributed by atoms with Crippen LogP contribution in [0.5, 0.6) is 0 Å². The van der Waals surface area contributed by atoms with Crippen LogP contribution in [0.2, 0.25) is 5.02 Å². The molecule has 1 heterocycles. The van der Waals surface area contributed by atoms with E-state index in [0.29, 0.717) is 34.2 Å². The summed E-state index contributed by atoms with van der Waals surface area (Å²) in [7, 11) is 1.36. The van der Waals surface area contributed by atoms with Crippen LogP contribution in [0.25, 0.3) is 0 Å². The molecule has 5 nitrogen and oxygen atoms in total. The van der Waals surface area contributed by atoms with Gasteiger partial charge in [-0.05, 0) is 18.2 Å². The lowest BCUT2D eigenvalue weighted by Crippen LogP contribution is -2.02. The van der Waals surface area contributed by atoms with Gasteiger partial charge in [-0.25, -0.2) is 4.98 Å². The molecule has 0 aliphatic rings. The summed E-state index contributed by atoms with van der Waals surface area (Å²) < 4.78 is 4.59. The highest BCUT2D eigenvalue weighted by Crippen LogP contribution is 2.28. The highest BCUT2D eigenvalue weighted by molar-refractivity contribution is 7.13. The van der Waals surface area contributed by atoms with E-state index >= 15 is 0 Å². The van der Waals surface area contributed by atoms with Crippen LogP contribution >= 0.6 is 22.9 Å². The van der Waals surface area contributed by atoms with Gasteiger partial charge in [0.15, 0.2) is 5.13 Å². The number of nitrogens with zero attached hydrogens (tertiary/aromatic N) is 2. The Labute approximate surface area is 131 Å². The highest BCUT2D eigenvalue weighted by atomic mass is 35.5. The summed E-state index contributed by atoms with van der Waals surface area (Å²) in [5.41, 5.74) is 2.01. The molecule has 1 aromatic carbocycles. The summed E-state index contributed by atoms with van der Waals surface area (Å²) in [5.74, 6) is -0.257. The van der Waals surface area contributed by atoms with Crippen molar-refractivity contribution in [3.8, 4) is 6.07 Å². The van der Waals surface area contributed by atoms with Crippen molar-refractivity contribution in [3.05, 3.63) is 39.9 Å². The predicted octanol–water partition coefficient (Wildman–Crippen LogP) is 3.52. The van der Waals surface area contributed by atoms with Gasteiger partial charge >= 0.3 is 5.97 Å². The maximum Gasteiger partial charge on any atom is 0.305 e. The van der Waals surface area contributed by atoms with Gasteiger partial charge in [0.05, 0.1) is 41.6 Å². The fourth-order valence-electron chi connectivity index (χ4n) is 1.61. The molecule has 0 saturated carbocycles. The number of hydrogen-bond acceptors (Lipinski definition) is 6. The molecule has 2 aromatic rings. The summed E-state index contributed by atoms with van der Waals surface area (Å²) >= 11 is 7.51. The Balaban J connectivity index is 2.02. The SMILES string of the molecule is COC(=O)CCc1csc(Nc2ccc(C#N)cc2Cl)n1. The van der Waals surface area contributed by atoms with E-state index in [-0.39, 0.29) is 5.97 Å². The van der Waals surface area contributed by atoms with Crippen molar-refractivity contribution in [1.82, 2.24) is 4.98 Å². The zero-order valence-corrected chi connectivity index (χ0v) is 12.8. The molecular weight excluding hydrogens is 310 g/mol. The average Bonchev–Trinajstić information content (AvgIpc) is 2.94.